The van der Waals surface area contributed by atoms with Gasteiger partial charge in [-0.15, -0.1) is 0 Å². The Hall–Kier alpha value is -3.52. The van der Waals surface area contributed by atoms with E-state index in [1.165, 1.54) is 12.1 Å². The molecule has 0 radical (unpaired) electrons. The zero-order chi connectivity index (χ0) is 21.3. The lowest BCUT2D eigenvalue weighted by Crippen LogP contribution is -2.15. The van der Waals surface area contributed by atoms with Crippen molar-refractivity contribution in [1.82, 2.24) is 18.9 Å². The van der Waals surface area contributed by atoms with Crippen molar-refractivity contribution in [2.45, 2.75) is 32.4 Å². The monoisotopic (exact) mass is 407 g/mol. The zero-order valence-corrected chi connectivity index (χ0v) is 16.5. The number of rotatable bonds is 7. The van der Waals surface area contributed by atoms with E-state index in [1.807, 2.05) is 34.2 Å². The summed E-state index contributed by atoms with van der Waals surface area (Å²) in [6, 6.07) is 9.90. The van der Waals surface area contributed by atoms with Gasteiger partial charge < -0.3 is 19.8 Å². The average Bonchev–Trinajstić information content (AvgIpc) is 3.32. The van der Waals surface area contributed by atoms with Gasteiger partial charge >= 0.3 is 0 Å². The third-order valence-corrected chi connectivity index (χ3v) is 5.05. The number of carbonyl (C=O) groups is 1. The van der Waals surface area contributed by atoms with Crippen LogP contribution in [0.2, 0.25) is 0 Å². The molecule has 0 aliphatic rings. The van der Waals surface area contributed by atoms with Crippen molar-refractivity contribution in [1.29, 1.82) is 0 Å². The summed E-state index contributed by atoms with van der Waals surface area (Å²) in [4.78, 5) is 20.3. The molecule has 4 aromatic rings. The molecule has 30 heavy (non-hydrogen) atoms. The Labute approximate surface area is 172 Å². The zero-order valence-electron chi connectivity index (χ0n) is 16.5. The number of benzene rings is 1. The highest BCUT2D eigenvalue weighted by atomic mass is 19.1. The predicted octanol–water partition coefficient (Wildman–Crippen LogP) is 2.80. The number of pyridine rings is 1. The van der Waals surface area contributed by atoms with Crippen LogP contribution in [-0.4, -0.2) is 36.1 Å². The van der Waals surface area contributed by atoms with Gasteiger partial charge in [-0.3, -0.25) is 4.79 Å². The number of hydrogen-bond donors (Lipinski definition) is 2. The Morgan fingerprint density at radius 1 is 1.17 bits per heavy atom. The first kappa shape index (κ1) is 19.8. The minimum Gasteiger partial charge on any atom is -0.391 e. The molecule has 154 valence electrons. The number of nitrogens with two attached hydrogens (primary N) is 1. The second kappa shape index (κ2) is 8.08. The van der Waals surface area contributed by atoms with Crippen LogP contribution in [0.3, 0.4) is 0 Å². The van der Waals surface area contributed by atoms with E-state index in [0.717, 1.165) is 16.8 Å². The van der Waals surface area contributed by atoms with E-state index < -0.39 is 12.0 Å². The van der Waals surface area contributed by atoms with Gasteiger partial charge in [0.05, 0.1) is 42.5 Å². The van der Waals surface area contributed by atoms with E-state index in [9.17, 15) is 14.3 Å². The summed E-state index contributed by atoms with van der Waals surface area (Å²) >= 11 is 0. The van der Waals surface area contributed by atoms with E-state index in [2.05, 4.69) is 9.97 Å². The molecule has 0 fully saturated rings. The Morgan fingerprint density at radius 2 is 1.90 bits per heavy atom. The highest BCUT2D eigenvalue weighted by molar-refractivity contribution is 5.79. The molecule has 1 aromatic carbocycles. The van der Waals surface area contributed by atoms with Crippen LogP contribution >= 0.6 is 0 Å². The molecule has 4 rings (SSSR count). The molecule has 0 bridgehead atoms. The standard InChI is InChI=1S/C22H22FN5O2/c1-2-18(29)12-27-13-26-21(14-3-6-16(23)7-4-14)22(27)15-5-8-20-25-10-17(9-19(24)30)28(20)11-15/h3-8,10-11,13,18,29H,2,9,12H2,1H3,(H2,24,30). The Kier molecular flexibility index (Phi) is 5.33. The Morgan fingerprint density at radius 3 is 2.60 bits per heavy atom. The first-order valence-electron chi connectivity index (χ1n) is 9.70. The number of aliphatic hydroxyl groups is 1. The number of halogens is 1. The Balaban J connectivity index is 1.88. The van der Waals surface area contributed by atoms with Gasteiger partial charge in [0, 0.05) is 23.5 Å². The van der Waals surface area contributed by atoms with Crippen LogP contribution in [0.15, 0.2) is 55.1 Å². The summed E-state index contributed by atoms with van der Waals surface area (Å²) in [5.41, 5.74) is 9.79. The lowest BCUT2D eigenvalue weighted by molar-refractivity contribution is -0.117. The van der Waals surface area contributed by atoms with Crippen molar-refractivity contribution in [3.05, 3.63) is 66.6 Å². The lowest BCUT2D eigenvalue weighted by atomic mass is 10.1. The largest absolute Gasteiger partial charge is 0.391 e. The molecule has 0 saturated carbocycles. The number of aromatic nitrogens is 4. The number of carbonyl (C=O) groups excluding carboxylic acids is 1. The molecule has 1 unspecified atom stereocenters. The van der Waals surface area contributed by atoms with Gasteiger partial charge in [-0.05, 0) is 42.8 Å². The number of imidazole rings is 2. The molecule has 1 atom stereocenters. The number of primary amides is 1. The van der Waals surface area contributed by atoms with E-state index >= 15 is 0 Å². The van der Waals surface area contributed by atoms with Crippen molar-refractivity contribution < 1.29 is 14.3 Å². The molecule has 8 heteroatoms. The first-order valence-corrected chi connectivity index (χ1v) is 9.70. The summed E-state index contributed by atoms with van der Waals surface area (Å²) in [6.07, 6.45) is 5.33. The summed E-state index contributed by atoms with van der Waals surface area (Å²) in [5.74, 6) is -0.762. The normalized spacial score (nSPS) is 12.4. The van der Waals surface area contributed by atoms with Crippen LogP contribution in [0, 0.1) is 5.82 Å². The second-order valence-electron chi connectivity index (χ2n) is 7.20. The third kappa shape index (κ3) is 3.81. The van der Waals surface area contributed by atoms with Crippen LogP contribution in [0.4, 0.5) is 4.39 Å². The van der Waals surface area contributed by atoms with Crippen LogP contribution in [-0.2, 0) is 17.8 Å². The quantitative estimate of drug-likeness (QED) is 0.492. The van der Waals surface area contributed by atoms with Crippen molar-refractivity contribution in [3.63, 3.8) is 0 Å². The smallest absolute Gasteiger partial charge is 0.223 e. The fourth-order valence-electron chi connectivity index (χ4n) is 3.48. The fraction of sp³-hybridized carbons (Fsp3) is 0.227. The maximum absolute atomic E-state index is 13.4. The summed E-state index contributed by atoms with van der Waals surface area (Å²) < 4.78 is 17.1. The Bertz CT molecular complexity index is 1200. The van der Waals surface area contributed by atoms with Gasteiger partial charge in [0.1, 0.15) is 11.5 Å². The van der Waals surface area contributed by atoms with E-state index in [4.69, 9.17) is 5.73 Å². The van der Waals surface area contributed by atoms with Crippen LogP contribution in [0.5, 0.6) is 0 Å². The number of aliphatic hydroxyl groups excluding tert-OH is 1. The van der Waals surface area contributed by atoms with Crippen LogP contribution in [0.1, 0.15) is 19.0 Å². The molecule has 7 nitrogen and oxygen atoms in total. The number of fused-ring (bicyclic) bond motifs is 1. The minimum atomic E-state index is -0.526. The average molecular weight is 407 g/mol. The molecule has 0 aliphatic heterocycles. The topological polar surface area (TPSA) is 98.4 Å². The molecule has 0 aliphatic carbocycles. The van der Waals surface area contributed by atoms with Gasteiger partial charge in [-0.2, -0.15) is 0 Å². The second-order valence-corrected chi connectivity index (χ2v) is 7.20. The van der Waals surface area contributed by atoms with Crippen molar-refractivity contribution in [3.8, 4) is 22.5 Å². The van der Waals surface area contributed by atoms with Crippen LogP contribution in [0.25, 0.3) is 28.2 Å². The van der Waals surface area contributed by atoms with E-state index in [1.54, 1.807) is 24.7 Å². The van der Waals surface area contributed by atoms with Gasteiger partial charge in [0.15, 0.2) is 0 Å². The van der Waals surface area contributed by atoms with Crippen molar-refractivity contribution >= 4 is 11.6 Å². The van der Waals surface area contributed by atoms with Crippen LogP contribution < -0.4 is 5.73 Å². The molecule has 1 amide bonds. The number of nitrogens with zero attached hydrogens (tertiary/aromatic N) is 4. The SMILES string of the molecule is CCC(O)Cn1cnc(-c2ccc(F)cc2)c1-c1ccc2ncc(CC(N)=O)n2c1. The highest BCUT2D eigenvalue weighted by Crippen LogP contribution is 2.32. The molecule has 3 heterocycles. The molecule has 3 N–H and O–H groups in total. The maximum Gasteiger partial charge on any atom is 0.223 e. The molecule has 0 spiro atoms. The lowest BCUT2D eigenvalue weighted by Gasteiger charge is -2.14. The fourth-order valence-corrected chi connectivity index (χ4v) is 3.48. The van der Waals surface area contributed by atoms with E-state index in [-0.39, 0.29) is 12.2 Å². The molecule has 0 saturated heterocycles. The maximum atomic E-state index is 13.4. The summed E-state index contributed by atoms with van der Waals surface area (Å²) in [5, 5.41) is 10.2. The van der Waals surface area contributed by atoms with Gasteiger partial charge in [0.2, 0.25) is 5.91 Å². The number of hydrogen-bond acceptors (Lipinski definition) is 4. The third-order valence-electron chi connectivity index (χ3n) is 5.05. The molecule has 3 aromatic heterocycles. The van der Waals surface area contributed by atoms with Crippen molar-refractivity contribution in [2.75, 3.05) is 0 Å². The predicted molar refractivity (Wildman–Crippen MR) is 111 cm³/mol. The van der Waals surface area contributed by atoms with Gasteiger partial charge in [-0.25, -0.2) is 14.4 Å². The first-order chi connectivity index (χ1) is 14.5. The van der Waals surface area contributed by atoms with E-state index in [0.29, 0.717) is 30.0 Å². The van der Waals surface area contributed by atoms with Gasteiger partial charge in [0.25, 0.3) is 0 Å². The minimum absolute atomic E-state index is 0.0727. The molecular formula is C22H22FN5O2. The highest BCUT2D eigenvalue weighted by Gasteiger charge is 2.18. The summed E-state index contributed by atoms with van der Waals surface area (Å²) in [6.45, 7) is 2.28. The summed E-state index contributed by atoms with van der Waals surface area (Å²) in [7, 11) is 0. The van der Waals surface area contributed by atoms with Crippen molar-refractivity contribution in [2.24, 2.45) is 5.73 Å². The molecular weight excluding hydrogens is 385 g/mol. The van der Waals surface area contributed by atoms with Gasteiger partial charge in [-0.1, -0.05) is 6.92 Å². The number of amides is 1.